The van der Waals surface area contributed by atoms with Crippen LogP contribution in [0.2, 0.25) is 0 Å². The number of carbonyl (C=O) groups excluding carboxylic acids is 1. The Hall–Kier alpha value is -0.810. The van der Waals surface area contributed by atoms with Crippen LogP contribution in [0.3, 0.4) is 0 Å². The highest BCUT2D eigenvalue weighted by Crippen LogP contribution is 2.16. The summed E-state index contributed by atoms with van der Waals surface area (Å²) in [5.41, 5.74) is 5.25. The molecule has 2 heterocycles. The molecule has 0 aromatic rings. The molecule has 0 unspecified atom stereocenters. The van der Waals surface area contributed by atoms with Crippen LogP contribution in [0.1, 0.15) is 12.8 Å². The minimum Gasteiger partial charge on any atom is -0.351 e. The molecule has 2 aliphatic heterocycles. The Labute approximate surface area is 90.6 Å². The lowest BCUT2D eigenvalue weighted by molar-refractivity contribution is 0.109. The van der Waals surface area contributed by atoms with Crippen LogP contribution in [0, 0.1) is 0 Å². The van der Waals surface area contributed by atoms with Crippen molar-refractivity contribution in [1.82, 2.24) is 15.1 Å². The number of likely N-dealkylation sites (tertiary alicyclic amines) is 1. The second-order valence-corrected chi connectivity index (χ2v) is 4.34. The number of rotatable bonds is 1. The Balaban J connectivity index is 1.79. The highest BCUT2D eigenvalue weighted by atomic mass is 16.2. The van der Waals surface area contributed by atoms with E-state index in [1.165, 1.54) is 0 Å². The number of piperazine rings is 1. The maximum atomic E-state index is 11.0. The number of nitrogens with one attached hydrogen (secondary N) is 1. The van der Waals surface area contributed by atoms with Gasteiger partial charge in [-0.05, 0) is 12.8 Å². The monoisotopic (exact) mass is 212 g/mol. The molecule has 0 aromatic heterocycles. The number of amides is 2. The van der Waals surface area contributed by atoms with Gasteiger partial charge in [-0.25, -0.2) is 4.79 Å². The number of nitrogens with two attached hydrogens (primary N) is 1. The van der Waals surface area contributed by atoms with E-state index in [-0.39, 0.29) is 6.03 Å². The summed E-state index contributed by atoms with van der Waals surface area (Å²) in [5.74, 6) is 0. The van der Waals surface area contributed by atoms with Crippen molar-refractivity contribution in [2.45, 2.75) is 18.9 Å². The fraction of sp³-hybridized carbons (Fsp3) is 0.900. The van der Waals surface area contributed by atoms with Gasteiger partial charge in [0.15, 0.2) is 0 Å². The van der Waals surface area contributed by atoms with Crippen LogP contribution in [-0.2, 0) is 0 Å². The highest BCUT2D eigenvalue weighted by Gasteiger charge is 2.26. The lowest BCUT2D eigenvalue weighted by Gasteiger charge is -2.39. The Kier molecular flexibility index (Phi) is 3.43. The largest absolute Gasteiger partial charge is 0.351 e. The van der Waals surface area contributed by atoms with Gasteiger partial charge in [0.05, 0.1) is 0 Å². The zero-order valence-electron chi connectivity index (χ0n) is 9.11. The molecule has 0 aromatic carbocycles. The first-order chi connectivity index (χ1) is 7.27. The van der Waals surface area contributed by atoms with E-state index >= 15 is 0 Å². The van der Waals surface area contributed by atoms with E-state index in [1.807, 2.05) is 0 Å². The molecule has 0 aliphatic carbocycles. The fourth-order valence-electron chi connectivity index (χ4n) is 2.50. The van der Waals surface area contributed by atoms with Crippen LogP contribution in [0.5, 0.6) is 0 Å². The Bertz CT molecular complexity index is 219. The summed E-state index contributed by atoms with van der Waals surface area (Å²) >= 11 is 0. The molecule has 0 spiro atoms. The van der Waals surface area contributed by atoms with Crippen LogP contribution < -0.4 is 11.1 Å². The SMILES string of the molecule is NC(=O)N1CCC(N2CCNCC2)CC1. The van der Waals surface area contributed by atoms with Gasteiger partial charge in [-0.3, -0.25) is 4.90 Å². The number of primary amides is 1. The molecule has 86 valence electrons. The van der Waals surface area contributed by atoms with Crippen molar-refractivity contribution in [2.75, 3.05) is 39.3 Å². The number of hydrogen-bond donors (Lipinski definition) is 2. The van der Waals surface area contributed by atoms with Crippen LogP contribution in [0.4, 0.5) is 4.79 Å². The third kappa shape index (κ3) is 2.60. The molecule has 0 bridgehead atoms. The number of piperidine rings is 1. The number of urea groups is 1. The molecule has 2 saturated heterocycles. The maximum Gasteiger partial charge on any atom is 0.314 e. The predicted molar refractivity (Wildman–Crippen MR) is 58.6 cm³/mol. The van der Waals surface area contributed by atoms with Gasteiger partial charge in [-0.1, -0.05) is 0 Å². The first-order valence-electron chi connectivity index (χ1n) is 5.76. The van der Waals surface area contributed by atoms with Gasteiger partial charge in [0.1, 0.15) is 0 Å². The van der Waals surface area contributed by atoms with Crippen LogP contribution >= 0.6 is 0 Å². The molecule has 2 aliphatic rings. The second kappa shape index (κ2) is 4.81. The van der Waals surface area contributed by atoms with E-state index < -0.39 is 0 Å². The molecule has 5 nitrogen and oxygen atoms in total. The van der Waals surface area contributed by atoms with E-state index in [2.05, 4.69) is 10.2 Å². The van der Waals surface area contributed by atoms with Gasteiger partial charge in [-0.2, -0.15) is 0 Å². The third-order valence-electron chi connectivity index (χ3n) is 3.44. The summed E-state index contributed by atoms with van der Waals surface area (Å²) in [7, 11) is 0. The van der Waals surface area contributed by atoms with Crippen molar-refractivity contribution in [1.29, 1.82) is 0 Å². The molecule has 2 rings (SSSR count). The van der Waals surface area contributed by atoms with Crippen LogP contribution in [0.25, 0.3) is 0 Å². The van der Waals surface area contributed by atoms with Gasteiger partial charge in [0.25, 0.3) is 0 Å². The standard InChI is InChI=1S/C10H20N4O/c11-10(15)14-5-1-9(2-6-14)13-7-3-12-4-8-13/h9,12H,1-8H2,(H2,11,15). The van der Waals surface area contributed by atoms with E-state index in [1.54, 1.807) is 4.90 Å². The second-order valence-electron chi connectivity index (χ2n) is 4.34. The molecule has 5 heteroatoms. The number of nitrogens with zero attached hydrogens (tertiary/aromatic N) is 2. The molecule has 0 saturated carbocycles. The maximum absolute atomic E-state index is 11.0. The van der Waals surface area contributed by atoms with Crippen molar-refractivity contribution in [3.8, 4) is 0 Å². The van der Waals surface area contributed by atoms with Gasteiger partial charge >= 0.3 is 6.03 Å². The van der Waals surface area contributed by atoms with E-state index in [4.69, 9.17) is 5.73 Å². The molecule has 3 N–H and O–H groups in total. The number of hydrogen-bond acceptors (Lipinski definition) is 3. The smallest absolute Gasteiger partial charge is 0.314 e. The van der Waals surface area contributed by atoms with Crippen molar-refractivity contribution in [2.24, 2.45) is 5.73 Å². The van der Waals surface area contributed by atoms with E-state index in [9.17, 15) is 4.79 Å². The summed E-state index contributed by atoms with van der Waals surface area (Å²) in [6, 6.07) is 0.386. The van der Waals surface area contributed by atoms with E-state index in [0.717, 1.165) is 52.1 Å². The lowest BCUT2D eigenvalue weighted by Crippen LogP contribution is -2.53. The molecule has 15 heavy (non-hydrogen) atoms. The molecule has 0 atom stereocenters. The van der Waals surface area contributed by atoms with Crippen LogP contribution in [0.15, 0.2) is 0 Å². The average molecular weight is 212 g/mol. The van der Waals surface area contributed by atoms with Crippen molar-refractivity contribution in [3.63, 3.8) is 0 Å². The summed E-state index contributed by atoms with van der Waals surface area (Å²) in [6.45, 7) is 6.11. The van der Waals surface area contributed by atoms with Gasteiger partial charge in [0, 0.05) is 45.3 Å². The topological polar surface area (TPSA) is 61.6 Å². The van der Waals surface area contributed by atoms with E-state index in [0.29, 0.717) is 6.04 Å². The molecule has 2 fully saturated rings. The van der Waals surface area contributed by atoms with Crippen molar-refractivity contribution in [3.05, 3.63) is 0 Å². The summed E-state index contributed by atoms with van der Waals surface area (Å²) < 4.78 is 0. The summed E-state index contributed by atoms with van der Waals surface area (Å²) in [4.78, 5) is 15.2. The Morgan fingerprint density at radius 2 is 1.73 bits per heavy atom. The molecule has 2 amide bonds. The minimum absolute atomic E-state index is 0.270. The first-order valence-corrected chi connectivity index (χ1v) is 5.76. The zero-order chi connectivity index (χ0) is 10.7. The Morgan fingerprint density at radius 3 is 2.27 bits per heavy atom. The van der Waals surface area contributed by atoms with Gasteiger partial charge < -0.3 is 16.0 Å². The third-order valence-corrected chi connectivity index (χ3v) is 3.44. The first kappa shape index (κ1) is 10.7. The highest BCUT2D eigenvalue weighted by molar-refractivity contribution is 5.72. The predicted octanol–water partition coefficient (Wildman–Crippen LogP) is -0.565. The number of carbonyl (C=O) groups is 1. The molecular formula is C10H20N4O. The lowest BCUT2D eigenvalue weighted by atomic mass is 10.0. The van der Waals surface area contributed by atoms with Crippen LogP contribution in [-0.4, -0.2) is 61.1 Å². The molecular weight excluding hydrogens is 192 g/mol. The average Bonchev–Trinajstić information content (AvgIpc) is 2.30. The quantitative estimate of drug-likeness (QED) is 0.612. The zero-order valence-corrected chi connectivity index (χ0v) is 9.11. The normalized spacial score (nSPS) is 25.5. The molecule has 0 radical (unpaired) electrons. The van der Waals surface area contributed by atoms with Crippen molar-refractivity contribution < 1.29 is 4.79 Å². The van der Waals surface area contributed by atoms with Gasteiger partial charge in [-0.15, -0.1) is 0 Å². The minimum atomic E-state index is -0.270. The fourth-order valence-corrected chi connectivity index (χ4v) is 2.50. The van der Waals surface area contributed by atoms with Crippen molar-refractivity contribution >= 4 is 6.03 Å². The summed E-state index contributed by atoms with van der Waals surface area (Å²) in [5, 5.41) is 3.35. The van der Waals surface area contributed by atoms with Gasteiger partial charge in [0.2, 0.25) is 0 Å². The Morgan fingerprint density at radius 1 is 1.13 bits per heavy atom. The summed E-state index contributed by atoms with van der Waals surface area (Å²) in [6.07, 6.45) is 2.14.